The van der Waals surface area contributed by atoms with Gasteiger partial charge in [-0.15, -0.1) is 0 Å². The molecule has 1 aromatic heterocycles. The SMILES string of the molecule is CCc1ccccc1NC(=O)CN(c1ccc(C)cc1)S(=O)(=O)c1c(C)noc1C. The summed E-state index contributed by atoms with van der Waals surface area (Å²) in [6.07, 6.45) is 0.746. The third-order valence-electron chi connectivity index (χ3n) is 4.80. The minimum atomic E-state index is -4.07. The maximum absolute atomic E-state index is 13.5. The van der Waals surface area contributed by atoms with Gasteiger partial charge in [0, 0.05) is 5.69 Å². The third-order valence-corrected chi connectivity index (χ3v) is 6.82. The molecule has 3 rings (SSSR count). The van der Waals surface area contributed by atoms with Crippen molar-refractivity contribution in [3.63, 3.8) is 0 Å². The van der Waals surface area contributed by atoms with Gasteiger partial charge in [-0.3, -0.25) is 9.10 Å². The predicted molar refractivity (Wildman–Crippen MR) is 116 cm³/mol. The Bertz CT molecular complexity index is 1130. The van der Waals surface area contributed by atoms with Crippen LogP contribution in [0.5, 0.6) is 0 Å². The zero-order valence-electron chi connectivity index (χ0n) is 17.5. The highest BCUT2D eigenvalue weighted by molar-refractivity contribution is 7.93. The van der Waals surface area contributed by atoms with Gasteiger partial charge in [0.1, 0.15) is 12.2 Å². The first-order valence-electron chi connectivity index (χ1n) is 9.64. The molecule has 0 saturated carbocycles. The minimum absolute atomic E-state index is 0.0233. The molecule has 0 spiro atoms. The maximum atomic E-state index is 13.5. The van der Waals surface area contributed by atoms with E-state index >= 15 is 0 Å². The molecule has 0 atom stereocenters. The lowest BCUT2D eigenvalue weighted by molar-refractivity contribution is -0.114. The third kappa shape index (κ3) is 4.38. The van der Waals surface area contributed by atoms with Crippen LogP contribution in [0.15, 0.2) is 57.9 Å². The molecular weight excluding hydrogens is 402 g/mol. The van der Waals surface area contributed by atoms with E-state index in [4.69, 9.17) is 4.52 Å². The van der Waals surface area contributed by atoms with Crippen molar-refractivity contribution in [1.29, 1.82) is 0 Å². The molecule has 0 radical (unpaired) electrons. The van der Waals surface area contributed by atoms with E-state index in [0.29, 0.717) is 11.4 Å². The minimum Gasteiger partial charge on any atom is -0.360 e. The fraction of sp³-hybridized carbons (Fsp3) is 0.273. The van der Waals surface area contributed by atoms with E-state index < -0.39 is 15.9 Å². The molecular formula is C22H25N3O4S. The molecule has 0 saturated heterocycles. The van der Waals surface area contributed by atoms with Crippen LogP contribution in [0.4, 0.5) is 11.4 Å². The Labute approximate surface area is 176 Å². The number of benzene rings is 2. The van der Waals surface area contributed by atoms with E-state index in [9.17, 15) is 13.2 Å². The van der Waals surface area contributed by atoms with Gasteiger partial charge in [0.25, 0.3) is 10.0 Å². The van der Waals surface area contributed by atoms with Crippen molar-refractivity contribution >= 4 is 27.3 Å². The number of hydrogen-bond acceptors (Lipinski definition) is 5. The summed E-state index contributed by atoms with van der Waals surface area (Å²) in [5, 5.41) is 6.60. The van der Waals surface area contributed by atoms with Gasteiger partial charge in [-0.2, -0.15) is 0 Å². The molecule has 158 valence electrons. The molecule has 0 aliphatic rings. The lowest BCUT2D eigenvalue weighted by Crippen LogP contribution is -2.38. The summed E-state index contributed by atoms with van der Waals surface area (Å²) in [6, 6.07) is 14.4. The average molecular weight is 428 g/mol. The first-order valence-corrected chi connectivity index (χ1v) is 11.1. The van der Waals surface area contributed by atoms with Gasteiger partial charge < -0.3 is 9.84 Å². The second-order valence-corrected chi connectivity index (χ2v) is 8.86. The number of carbonyl (C=O) groups is 1. The molecule has 30 heavy (non-hydrogen) atoms. The molecule has 1 heterocycles. The number of aromatic nitrogens is 1. The second kappa shape index (κ2) is 8.71. The van der Waals surface area contributed by atoms with Gasteiger partial charge in [0.05, 0.1) is 5.69 Å². The highest BCUT2D eigenvalue weighted by Crippen LogP contribution is 2.28. The zero-order valence-corrected chi connectivity index (χ0v) is 18.3. The van der Waals surface area contributed by atoms with Crippen molar-refractivity contribution in [3.8, 4) is 0 Å². The van der Waals surface area contributed by atoms with Crippen LogP contribution in [0, 0.1) is 20.8 Å². The number of rotatable bonds is 7. The molecule has 0 fully saturated rings. The van der Waals surface area contributed by atoms with E-state index in [0.717, 1.165) is 21.9 Å². The van der Waals surface area contributed by atoms with Crippen LogP contribution < -0.4 is 9.62 Å². The average Bonchev–Trinajstić information content (AvgIpc) is 3.06. The highest BCUT2D eigenvalue weighted by atomic mass is 32.2. The highest BCUT2D eigenvalue weighted by Gasteiger charge is 2.32. The van der Waals surface area contributed by atoms with Gasteiger partial charge in [-0.25, -0.2) is 8.42 Å². The van der Waals surface area contributed by atoms with Crippen LogP contribution >= 0.6 is 0 Å². The Hall–Kier alpha value is -3.13. The van der Waals surface area contributed by atoms with Crippen LogP contribution in [0.25, 0.3) is 0 Å². The summed E-state index contributed by atoms with van der Waals surface area (Å²) >= 11 is 0. The van der Waals surface area contributed by atoms with Crippen LogP contribution in [-0.2, 0) is 21.2 Å². The summed E-state index contributed by atoms with van der Waals surface area (Å²) in [5.41, 5.74) is 3.26. The number of amides is 1. The molecule has 1 N–H and O–H groups in total. The number of aryl methyl sites for hydroxylation is 4. The molecule has 3 aromatic rings. The van der Waals surface area contributed by atoms with Crippen molar-refractivity contribution < 1.29 is 17.7 Å². The first-order chi connectivity index (χ1) is 14.2. The van der Waals surface area contributed by atoms with E-state index in [-0.39, 0.29) is 22.9 Å². The van der Waals surface area contributed by atoms with Crippen molar-refractivity contribution in [2.75, 3.05) is 16.2 Å². The van der Waals surface area contributed by atoms with Gasteiger partial charge in [0.15, 0.2) is 10.7 Å². The van der Waals surface area contributed by atoms with Crippen molar-refractivity contribution in [2.24, 2.45) is 0 Å². The van der Waals surface area contributed by atoms with Gasteiger partial charge in [-0.05, 0) is 51.0 Å². The number of para-hydroxylation sites is 1. The van der Waals surface area contributed by atoms with Crippen molar-refractivity contribution in [3.05, 3.63) is 71.1 Å². The fourth-order valence-corrected chi connectivity index (χ4v) is 4.97. The Kier molecular flexibility index (Phi) is 6.26. The zero-order chi connectivity index (χ0) is 21.9. The van der Waals surface area contributed by atoms with Crippen molar-refractivity contribution in [2.45, 2.75) is 39.0 Å². The number of carbonyl (C=O) groups excluding carboxylic acids is 1. The maximum Gasteiger partial charge on any atom is 0.270 e. The summed E-state index contributed by atoms with van der Waals surface area (Å²) < 4.78 is 33.1. The normalized spacial score (nSPS) is 11.3. The van der Waals surface area contributed by atoms with Crippen LogP contribution in [-0.4, -0.2) is 26.0 Å². The molecule has 7 nitrogen and oxygen atoms in total. The number of sulfonamides is 1. The standard InChI is InChI=1S/C22H25N3O4S/c1-5-18-8-6-7-9-20(18)23-21(26)14-25(19-12-10-15(2)11-13-19)30(27,28)22-16(3)24-29-17(22)4/h6-13H,5,14H2,1-4H3,(H,23,26). The molecule has 0 aliphatic carbocycles. The topological polar surface area (TPSA) is 92.5 Å². The summed E-state index contributed by atoms with van der Waals surface area (Å²) in [4.78, 5) is 12.8. The number of nitrogens with one attached hydrogen (secondary N) is 1. The number of anilines is 2. The Morgan fingerprint density at radius 2 is 1.73 bits per heavy atom. The summed E-state index contributed by atoms with van der Waals surface area (Å²) in [5.74, 6) is -0.256. The predicted octanol–water partition coefficient (Wildman–Crippen LogP) is 4.00. The molecule has 0 aliphatic heterocycles. The Morgan fingerprint density at radius 1 is 1.07 bits per heavy atom. The molecule has 8 heteroatoms. The van der Waals surface area contributed by atoms with Crippen LogP contribution in [0.1, 0.15) is 29.5 Å². The molecule has 0 bridgehead atoms. The first kappa shape index (κ1) is 21.6. The van der Waals surface area contributed by atoms with Gasteiger partial charge >= 0.3 is 0 Å². The number of nitrogens with zero attached hydrogens (tertiary/aromatic N) is 2. The second-order valence-electron chi connectivity index (χ2n) is 7.06. The molecule has 2 aromatic carbocycles. The monoisotopic (exact) mass is 427 g/mol. The van der Waals surface area contributed by atoms with Gasteiger partial charge in [0.2, 0.25) is 5.91 Å². The largest absolute Gasteiger partial charge is 0.360 e. The summed E-state index contributed by atoms with van der Waals surface area (Å²) in [7, 11) is -4.07. The lowest BCUT2D eigenvalue weighted by atomic mass is 10.1. The van der Waals surface area contributed by atoms with E-state index in [2.05, 4.69) is 10.5 Å². The number of hydrogen-bond donors (Lipinski definition) is 1. The van der Waals surface area contributed by atoms with Crippen molar-refractivity contribution in [1.82, 2.24) is 5.16 Å². The summed E-state index contributed by atoms with van der Waals surface area (Å²) in [6.45, 7) is 6.62. The van der Waals surface area contributed by atoms with E-state index in [1.165, 1.54) is 6.92 Å². The Morgan fingerprint density at radius 3 is 2.33 bits per heavy atom. The smallest absolute Gasteiger partial charge is 0.270 e. The molecule has 1 amide bonds. The van der Waals surface area contributed by atoms with Crippen LogP contribution in [0.3, 0.4) is 0 Å². The van der Waals surface area contributed by atoms with Gasteiger partial charge in [-0.1, -0.05) is 48.0 Å². The van der Waals surface area contributed by atoms with E-state index in [1.807, 2.05) is 32.0 Å². The quantitative estimate of drug-likeness (QED) is 0.615. The van der Waals surface area contributed by atoms with E-state index in [1.54, 1.807) is 37.3 Å². The van der Waals surface area contributed by atoms with Crippen LogP contribution in [0.2, 0.25) is 0 Å². The molecule has 0 unspecified atom stereocenters. The lowest BCUT2D eigenvalue weighted by Gasteiger charge is -2.24. The Balaban J connectivity index is 1.98. The fourth-order valence-electron chi connectivity index (χ4n) is 3.25.